The Bertz CT molecular complexity index is 458. The fraction of sp³-hybridized carbons (Fsp3) is 0.929. The Morgan fingerprint density at radius 2 is 1.81 bits per heavy atom. The number of esters is 1. The third kappa shape index (κ3) is 3.96. The van der Waals surface area contributed by atoms with Gasteiger partial charge in [0.2, 0.25) is 0 Å². The second kappa shape index (κ2) is 7.07. The van der Waals surface area contributed by atoms with Crippen LogP contribution >= 0.6 is 0 Å². The van der Waals surface area contributed by atoms with Crippen LogP contribution < -0.4 is 0 Å². The topological polar surface area (TPSA) is 66.9 Å². The van der Waals surface area contributed by atoms with Crippen LogP contribution in [0, 0.1) is 11.8 Å². The molecule has 0 aliphatic carbocycles. The summed E-state index contributed by atoms with van der Waals surface area (Å²) in [5.74, 6) is -0.00746. The van der Waals surface area contributed by atoms with Crippen molar-refractivity contribution in [1.29, 1.82) is 0 Å². The molecule has 2 aliphatic heterocycles. The number of hydrogen-bond donors (Lipinski definition) is 0. The van der Waals surface area contributed by atoms with Gasteiger partial charge in [-0.3, -0.25) is 4.79 Å². The lowest BCUT2D eigenvalue weighted by Gasteiger charge is -2.37. The number of ether oxygens (including phenoxy) is 1. The van der Waals surface area contributed by atoms with Crippen molar-refractivity contribution in [3.05, 3.63) is 0 Å². The van der Waals surface area contributed by atoms with Gasteiger partial charge in [0.25, 0.3) is 10.2 Å². The predicted octanol–water partition coefficient (Wildman–Crippen LogP) is 1.24. The maximum absolute atomic E-state index is 12.7. The first-order valence-electron chi connectivity index (χ1n) is 7.87. The molecule has 0 spiro atoms. The standard InChI is InChI=1S/C14H26N2O4S/c1-3-20-14(17)13-5-4-8-16(11-13)21(18,19)15-9-6-12(2)7-10-15/h12-13H,3-11H2,1-2H3/t13-/m0/s1. The van der Waals surface area contributed by atoms with Crippen LogP contribution in [0.4, 0.5) is 0 Å². The maximum atomic E-state index is 12.7. The number of rotatable bonds is 4. The highest BCUT2D eigenvalue weighted by molar-refractivity contribution is 7.86. The molecule has 0 aromatic carbocycles. The zero-order valence-electron chi connectivity index (χ0n) is 13.0. The molecule has 122 valence electrons. The summed E-state index contributed by atoms with van der Waals surface area (Å²) in [6, 6.07) is 0. The van der Waals surface area contributed by atoms with E-state index in [9.17, 15) is 13.2 Å². The first-order valence-corrected chi connectivity index (χ1v) is 9.26. The van der Waals surface area contributed by atoms with Gasteiger partial charge in [-0.05, 0) is 38.5 Å². The average Bonchev–Trinajstić information content (AvgIpc) is 2.48. The minimum Gasteiger partial charge on any atom is -0.466 e. The fourth-order valence-electron chi connectivity index (χ4n) is 2.98. The first kappa shape index (κ1) is 16.7. The molecule has 0 radical (unpaired) electrons. The van der Waals surface area contributed by atoms with E-state index < -0.39 is 10.2 Å². The molecule has 2 fully saturated rings. The fourth-order valence-corrected chi connectivity index (χ4v) is 4.71. The summed E-state index contributed by atoms with van der Waals surface area (Å²) in [5.41, 5.74) is 0. The molecule has 7 heteroatoms. The Balaban J connectivity index is 2.01. The van der Waals surface area contributed by atoms with Gasteiger partial charge >= 0.3 is 5.97 Å². The van der Waals surface area contributed by atoms with E-state index in [0.717, 1.165) is 12.8 Å². The van der Waals surface area contributed by atoms with Crippen LogP contribution in [-0.2, 0) is 19.7 Å². The molecule has 2 aliphatic rings. The lowest BCUT2D eigenvalue weighted by atomic mass is 10.0. The Kier molecular flexibility index (Phi) is 5.62. The van der Waals surface area contributed by atoms with E-state index in [2.05, 4.69) is 6.92 Å². The molecule has 2 saturated heterocycles. The highest BCUT2D eigenvalue weighted by atomic mass is 32.2. The van der Waals surface area contributed by atoms with Gasteiger partial charge in [-0.15, -0.1) is 0 Å². The summed E-state index contributed by atoms with van der Waals surface area (Å²) in [6.07, 6.45) is 3.25. The van der Waals surface area contributed by atoms with Crippen LogP contribution in [0.2, 0.25) is 0 Å². The smallest absolute Gasteiger partial charge is 0.310 e. The molecule has 0 bridgehead atoms. The van der Waals surface area contributed by atoms with Gasteiger partial charge in [0.15, 0.2) is 0 Å². The molecule has 0 unspecified atom stereocenters. The van der Waals surface area contributed by atoms with Gasteiger partial charge in [0.05, 0.1) is 12.5 Å². The van der Waals surface area contributed by atoms with E-state index >= 15 is 0 Å². The Morgan fingerprint density at radius 3 is 2.43 bits per heavy atom. The van der Waals surface area contributed by atoms with Crippen LogP contribution in [0.25, 0.3) is 0 Å². The summed E-state index contributed by atoms with van der Waals surface area (Å²) < 4.78 is 33.4. The molecule has 0 aromatic rings. The number of carbonyl (C=O) groups is 1. The highest BCUT2D eigenvalue weighted by Gasteiger charge is 2.37. The molecule has 0 amide bonds. The lowest BCUT2D eigenvalue weighted by molar-refractivity contribution is -0.149. The zero-order chi connectivity index (χ0) is 15.5. The Labute approximate surface area is 127 Å². The van der Waals surface area contributed by atoms with E-state index in [1.54, 1.807) is 11.2 Å². The normalized spacial score (nSPS) is 26.7. The summed E-state index contributed by atoms with van der Waals surface area (Å²) in [5, 5.41) is 0. The van der Waals surface area contributed by atoms with E-state index in [-0.39, 0.29) is 18.4 Å². The number of hydrogen-bond acceptors (Lipinski definition) is 4. The maximum Gasteiger partial charge on any atom is 0.310 e. The van der Waals surface area contributed by atoms with E-state index in [0.29, 0.717) is 45.0 Å². The second-order valence-corrected chi connectivity index (χ2v) is 7.97. The minimum atomic E-state index is -3.43. The third-order valence-corrected chi connectivity index (χ3v) is 6.40. The van der Waals surface area contributed by atoms with Crippen LogP contribution in [0.3, 0.4) is 0 Å². The summed E-state index contributed by atoms with van der Waals surface area (Å²) >= 11 is 0. The molecule has 2 heterocycles. The highest BCUT2D eigenvalue weighted by Crippen LogP contribution is 2.25. The van der Waals surface area contributed by atoms with Crippen molar-refractivity contribution in [3.8, 4) is 0 Å². The number of piperidine rings is 2. The van der Waals surface area contributed by atoms with Gasteiger partial charge in [-0.1, -0.05) is 6.92 Å². The molecular formula is C14H26N2O4S. The lowest BCUT2D eigenvalue weighted by Crippen LogP contribution is -2.51. The molecule has 0 aromatic heterocycles. The molecule has 0 saturated carbocycles. The molecule has 2 rings (SSSR count). The monoisotopic (exact) mass is 318 g/mol. The van der Waals surface area contributed by atoms with Gasteiger partial charge in [0.1, 0.15) is 0 Å². The summed E-state index contributed by atoms with van der Waals surface area (Å²) in [6.45, 7) is 6.20. The van der Waals surface area contributed by atoms with Gasteiger partial charge in [-0.25, -0.2) is 0 Å². The van der Waals surface area contributed by atoms with Crippen molar-refractivity contribution < 1.29 is 17.9 Å². The second-order valence-electron chi connectivity index (χ2n) is 6.04. The molecule has 21 heavy (non-hydrogen) atoms. The van der Waals surface area contributed by atoms with Crippen molar-refractivity contribution >= 4 is 16.2 Å². The molecule has 6 nitrogen and oxygen atoms in total. The largest absolute Gasteiger partial charge is 0.466 e. The Morgan fingerprint density at radius 1 is 1.14 bits per heavy atom. The quantitative estimate of drug-likeness (QED) is 0.732. The van der Waals surface area contributed by atoms with Gasteiger partial charge in [0, 0.05) is 26.2 Å². The Hall–Kier alpha value is -0.660. The summed E-state index contributed by atoms with van der Waals surface area (Å²) in [4.78, 5) is 11.8. The molecule has 1 atom stereocenters. The average molecular weight is 318 g/mol. The molecule has 0 N–H and O–H groups in total. The van der Waals surface area contributed by atoms with Crippen LogP contribution in [0.5, 0.6) is 0 Å². The van der Waals surface area contributed by atoms with Crippen molar-refractivity contribution in [2.75, 3.05) is 32.8 Å². The van der Waals surface area contributed by atoms with E-state index in [1.807, 2.05) is 0 Å². The SMILES string of the molecule is CCOC(=O)[C@H]1CCCN(S(=O)(=O)N2CCC(C)CC2)C1. The van der Waals surface area contributed by atoms with Crippen LogP contribution in [0.1, 0.15) is 39.5 Å². The minimum absolute atomic E-state index is 0.257. The van der Waals surface area contributed by atoms with E-state index in [4.69, 9.17) is 4.74 Å². The predicted molar refractivity (Wildman–Crippen MR) is 79.8 cm³/mol. The third-order valence-electron chi connectivity index (χ3n) is 4.40. The zero-order valence-corrected chi connectivity index (χ0v) is 13.8. The van der Waals surface area contributed by atoms with Crippen molar-refractivity contribution in [1.82, 2.24) is 8.61 Å². The van der Waals surface area contributed by atoms with Crippen molar-refractivity contribution in [2.24, 2.45) is 11.8 Å². The van der Waals surface area contributed by atoms with Gasteiger partial charge in [-0.2, -0.15) is 17.0 Å². The van der Waals surface area contributed by atoms with Crippen LogP contribution in [0.15, 0.2) is 0 Å². The molecular weight excluding hydrogens is 292 g/mol. The van der Waals surface area contributed by atoms with Crippen molar-refractivity contribution in [3.63, 3.8) is 0 Å². The van der Waals surface area contributed by atoms with Crippen molar-refractivity contribution in [2.45, 2.75) is 39.5 Å². The summed E-state index contributed by atoms with van der Waals surface area (Å²) in [7, 11) is -3.43. The van der Waals surface area contributed by atoms with Crippen LogP contribution in [-0.4, -0.2) is 55.8 Å². The number of nitrogens with zero attached hydrogens (tertiary/aromatic N) is 2. The van der Waals surface area contributed by atoms with E-state index in [1.165, 1.54) is 4.31 Å². The number of carbonyl (C=O) groups excluding carboxylic acids is 1. The van der Waals surface area contributed by atoms with Gasteiger partial charge < -0.3 is 4.74 Å². The first-order chi connectivity index (χ1) is 9.95.